The van der Waals surface area contributed by atoms with E-state index in [4.69, 9.17) is 20.4 Å². The fourth-order valence-electron chi connectivity index (χ4n) is 10.5. The summed E-state index contributed by atoms with van der Waals surface area (Å²) < 4.78 is 35.5. The van der Waals surface area contributed by atoms with Gasteiger partial charge in [-0.15, -0.1) is 144 Å². The van der Waals surface area contributed by atoms with E-state index in [2.05, 4.69) is 64.1 Å². The summed E-state index contributed by atoms with van der Waals surface area (Å²) in [6.07, 6.45) is 5.34. The van der Waals surface area contributed by atoms with Crippen molar-refractivity contribution in [3.05, 3.63) is 292 Å². The molecule has 0 aliphatic carbocycles. The zero-order valence-electron chi connectivity index (χ0n) is 71.4. The minimum atomic E-state index is -4.65. The molecule has 0 bridgehead atoms. The number of nitrogens with zero attached hydrogens (tertiary/aromatic N) is 8. The fraction of sp³-hybridized carbons (Fsp3) is 0.347. The SMILES string of the molecule is CC(C)(C)C(O)CC(O)C(C)(C)C.CC(C)(C)C(O)CC(O)C(F)(F)F.CC(O)CC(O)C(C)(C)C.CCC(O)CC(O)CC.[Ir].[Ir].[Ir].[Ir].[c-]1ccccc1-c1nccnc1-c1ccccc1.[c-]1ccccc1-c1nccnc1-c1ccccc1.[c-]1ccccc1-c1nccnc1-c1ccccc1.[c-]1ccccc1-c1nccnc1-c1ccccc1. The van der Waals surface area contributed by atoms with Crippen LogP contribution in [0.15, 0.2) is 268 Å². The molecule has 0 aliphatic heterocycles. The van der Waals surface area contributed by atoms with Crippen LogP contribution in [0.1, 0.15) is 142 Å². The van der Waals surface area contributed by atoms with Gasteiger partial charge in [-0.1, -0.05) is 218 Å². The van der Waals surface area contributed by atoms with Crippen LogP contribution in [0.3, 0.4) is 0 Å². The van der Waals surface area contributed by atoms with Crippen LogP contribution in [0.2, 0.25) is 0 Å². The van der Waals surface area contributed by atoms with Gasteiger partial charge in [0.05, 0.1) is 65.5 Å². The van der Waals surface area contributed by atoms with Gasteiger partial charge in [0.1, 0.15) is 0 Å². The molecule has 23 heteroatoms. The Morgan fingerprint density at radius 3 is 0.620 bits per heavy atom. The van der Waals surface area contributed by atoms with Crippen LogP contribution >= 0.6 is 0 Å². The molecule has 0 spiro atoms. The molecule has 8 aromatic carbocycles. The first-order valence-electron chi connectivity index (χ1n) is 39.3. The van der Waals surface area contributed by atoms with Gasteiger partial charge in [0.15, 0.2) is 6.10 Å². The van der Waals surface area contributed by atoms with Crippen LogP contribution in [0, 0.1) is 45.9 Å². The van der Waals surface area contributed by atoms with Crippen molar-refractivity contribution in [2.24, 2.45) is 21.7 Å². The number of halogens is 3. The van der Waals surface area contributed by atoms with Crippen LogP contribution in [-0.4, -0.2) is 136 Å². The molecule has 12 aromatic rings. The van der Waals surface area contributed by atoms with Gasteiger partial charge < -0.3 is 60.8 Å². The molecule has 121 heavy (non-hydrogen) atoms. The minimum Gasteiger partial charge on any atom is -0.393 e. The van der Waals surface area contributed by atoms with E-state index in [1.165, 1.54) is 0 Å². The summed E-state index contributed by atoms with van der Waals surface area (Å²) in [6, 6.07) is 84.3. The Balaban J connectivity index is 0.000000697. The number of aliphatic hydroxyl groups excluding tert-OH is 8. The maximum absolute atomic E-state index is 11.8. The number of alkyl halides is 3. The number of hydrogen-bond acceptors (Lipinski definition) is 16. The van der Waals surface area contributed by atoms with Gasteiger partial charge in [0.2, 0.25) is 0 Å². The van der Waals surface area contributed by atoms with Crippen LogP contribution in [-0.2, 0) is 80.4 Å². The zero-order chi connectivity index (χ0) is 86.2. The predicted octanol–water partition coefficient (Wildman–Crippen LogP) is 20.4. The molecule has 0 fully saturated rings. The molecule has 4 radical (unpaired) electrons. The summed E-state index contributed by atoms with van der Waals surface area (Å²) in [5, 5.41) is 73.7. The Morgan fingerprint density at radius 1 is 0.264 bits per heavy atom. The average molecular weight is 2360 g/mol. The maximum Gasteiger partial charge on any atom is 0.414 e. The van der Waals surface area contributed by atoms with Crippen molar-refractivity contribution in [3.8, 4) is 90.1 Å². The largest absolute Gasteiger partial charge is 0.414 e. The van der Waals surface area contributed by atoms with Crippen molar-refractivity contribution >= 4 is 0 Å². The van der Waals surface area contributed by atoms with Gasteiger partial charge >= 0.3 is 6.18 Å². The van der Waals surface area contributed by atoms with E-state index < -0.39 is 54.6 Å². The van der Waals surface area contributed by atoms with E-state index in [-0.39, 0.29) is 109 Å². The van der Waals surface area contributed by atoms with Gasteiger partial charge in [-0.2, -0.15) is 13.2 Å². The van der Waals surface area contributed by atoms with E-state index >= 15 is 0 Å². The Hall–Kier alpha value is -7.85. The van der Waals surface area contributed by atoms with E-state index in [1.54, 1.807) is 77.3 Å². The first-order chi connectivity index (χ1) is 55.4. The van der Waals surface area contributed by atoms with Gasteiger partial charge in [-0.3, -0.25) is 19.9 Å². The van der Waals surface area contributed by atoms with Crippen LogP contribution in [0.25, 0.3) is 90.1 Å². The summed E-state index contributed by atoms with van der Waals surface area (Å²) in [5.74, 6) is 0. The van der Waals surface area contributed by atoms with Crippen molar-refractivity contribution in [2.75, 3.05) is 0 Å². The predicted molar refractivity (Wildman–Crippen MR) is 464 cm³/mol. The Kier molecular flexibility index (Phi) is 52.2. The van der Waals surface area contributed by atoms with Crippen LogP contribution < -0.4 is 0 Å². The summed E-state index contributed by atoms with van der Waals surface area (Å²) in [5.41, 5.74) is 14.1. The molecule has 12 rings (SSSR count). The van der Waals surface area contributed by atoms with Crippen molar-refractivity contribution in [3.63, 3.8) is 0 Å². The van der Waals surface area contributed by atoms with Crippen LogP contribution in [0.5, 0.6) is 0 Å². The second kappa shape index (κ2) is 56.8. The van der Waals surface area contributed by atoms with Crippen molar-refractivity contribution in [2.45, 2.75) is 197 Å². The van der Waals surface area contributed by atoms with Crippen molar-refractivity contribution < 1.29 is 134 Å². The van der Waals surface area contributed by atoms with Gasteiger partial charge in [0, 0.05) is 166 Å². The molecule has 4 heterocycles. The molecule has 658 valence electrons. The second-order valence-electron chi connectivity index (χ2n) is 32.1. The van der Waals surface area contributed by atoms with Crippen molar-refractivity contribution in [1.29, 1.82) is 0 Å². The van der Waals surface area contributed by atoms with E-state index in [0.29, 0.717) is 19.3 Å². The summed E-state index contributed by atoms with van der Waals surface area (Å²) >= 11 is 0. The number of rotatable bonds is 18. The molecule has 0 saturated heterocycles. The molecule has 8 N–H and O–H groups in total. The number of hydrogen-bond donors (Lipinski definition) is 8. The molecule has 0 amide bonds. The van der Waals surface area contributed by atoms with Crippen molar-refractivity contribution in [1.82, 2.24) is 39.9 Å². The van der Waals surface area contributed by atoms with Gasteiger partial charge in [0.25, 0.3) is 0 Å². The third-order valence-electron chi connectivity index (χ3n) is 18.2. The molecule has 0 saturated carbocycles. The van der Waals surface area contributed by atoms with Gasteiger partial charge in [-0.25, -0.2) is 0 Å². The third kappa shape index (κ3) is 41.0. The van der Waals surface area contributed by atoms with Gasteiger partial charge in [-0.05, 0) is 76.5 Å². The normalized spacial score (nSPS) is 12.9. The summed E-state index contributed by atoms with van der Waals surface area (Å²) in [6.45, 7) is 28.1. The molecule has 0 aliphatic rings. The van der Waals surface area contributed by atoms with Crippen LogP contribution in [0.4, 0.5) is 13.2 Å². The molecular formula is C98H117F3Ir4N8O8-4. The Bertz CT molecular complexity index is 3870. The molecule has 4 aromatic heterocycles. The standard InChI is InChI=1S/4C16H11N2.C11H24O2.C8H15F3O2.C8H18O2.C7H16O2.4Ir/c4*1-3-7-13(8-4-1)15-16(18-12-11-17-15)14-9-5-2-6-10-14;1-10(2,3)8(12)7-9(13)11(4,5)6;1-7(2,3)5(12)4-6(13)8(9,10)11;1-6(9)5-7(10)8(2,3)4;1-3-6(8)5-7(9)4-2;;;;/h4*1-9,11-12H;8-9,12-13H,7H2,1-6H3;5-6,12-13H,4H2,1-3H3;6-7,9-10H,5H2,1-4H3;6-9H,3-5H2,1-2H3;;;;/q4*-1;;;;;;;;. The fourth-order valence-corrected chi connectivity index (χ4v) is 10.5. The zero-order valence-corrected chi connectivity index (χ0v) is 81.0. The second-order valence-corrected chi connectivity index (χ2v) is 32.1. The Labute approximate surface area is 769 Å². The first kappa shape index (κ1) is 111. The molecule has 16 nitrogen and oxygen atoms in total. The average Bonchev–Trinajstić information content (AvgIpc) is 0.828. The smallest absolute Gasteiger partial charge is 0.393 e. The van der Waals surface area contributed by atoms with E-state index in [1.807, 2.05) is 295 Å². The minimum absolute atomic E-state index is 0. The molecular weight excluding hydrogens is 2240 g/mol. The molecule has 8 atom stereocenters. The summed E-state index contributed by atoms with van der Waals surface area (Å²) in [4.78, 5) is 35.5. The van der Waals surface area contributed by atoms with E-state index in [9.17, 15) is 33.6 Å². The topological polar surface area (TPSA) is 265 Å². The van der Waals surface area contributed by atoms with E-state index in [0.717, 1.165) is 103 Å². The summed E-state index contributed by atoms with van der Waals surface area (Å²) in [7, 11) is 0. The first-order valence-corrected chi connectivity index (χ1v) is 39.3. The monoisotopic (exact) mass is 2360 g/mol. The molecule has 8 unspecified atom stereocenters. The number of benzene rings is 8. The number of aliphatic hydroxyl groups is 8. The quantitative estimate of drug-likeness (QED) is 0.0371. The Morgan fingerprint density at radius 2 is 0.455 bits per heavy atom. The third-order valence-corrected chi connectivity index (χ3v) is 18.2. The maximum atomic E-state index is 11.8. The number of aromatic nitrogens is 8.